The Morgan fingerprint density at radius 3 is 2.00 bits per heavy atom. The first-order valence-electron chi connectivity index (χ1n) is 6.86. The van der Waals surface area contributed by atoms with Crippen molar-refractivity contribution in [1.29, 1.82) is 0 Å². The van der Waals surface area contributed by atoms with E-state index in [4.69, 9.17) is 9.31 Å². The van der Waals surface area contributed by atoms with Gasteiger partial charge in [-0.1, -0.05) is 36.4 Å². The van der Waals surface area contributed by atoms with Crippen LogP contribution in [-0.2, 0) is 14.1 Å². The number of hydrogen-bond acceptors (Lipinski definition) is 3. The Morgan fingerprint density at radius 1 is 1.05 bits per heavy atom. The Balaban J connectivity index is 2.33. The van der Waals surface area contributed by atoms with Crippen LogP contribution in [0.3, 0.4) is 0 Å². The van der Waals surface area contributed by atoms with Crippen LogP contribution in [0.2, 0.25) is 0 Å². The molecule has 1 aliphatic rings. The quantitative estimate of drug-likeness (QED) is 0.625. The van der Waals surface area contributed by atoms with Crippen LogP contribution >= 0.6 is 0 Å². The largest absolute Gasteiger partial charge is 0.498 e. The van der Waals surface area contributed by atoms with E-state index in [1.54, 1.807) is 6.92 Å². The molecule has 3 nitrogen and oxygen atoms in total. The third-order valence-corrected chi connectivity index (χ3v) is 4.04. The number of hydrogen-bond donors (Lipinski definition) is 0. The summed E-state index contributed by atoms with van der Waals surface area (Å²) >= 11 is 0. The van der Waals surface area contributed by atoms with Crippen molar-refractivity contribution < 1.29 is 14.1 Å². The minimum Gasteiger partial charge on any atom is -0.399 e. The summed E-state index contributed by atoms with van der Waals surface area (Å²) in [5.74, 6) is -0.0349. The highest BCUT2D eigenvalue weighted by Crippen LogP contribution is 2.38. The van der Waals surface area contributed by atoms with Crippen LogP contribution in [0.15, 0.2) is 35.8 Å². The molecule has 1 heterocycles. The maximum atomic E-state index is 11.9. The highest BCUT2D eigenvalue weighted by molar-refractivity contribution is 6.63. The fraction of sp³-hybridized carbons (Fsp3) is 0.438. The van der Waals surface area contributed by atoms with Crippen LogP contribution in [0.4, 0.5) is 0 Å². The van der Waals surface area contributed by atoms with Gasteiger partial charge < -0.3 is 9.31 Å². The molecule has 1 aromatic carbocycles. The number of benzene rings is 1. The molecule has 0 aliphatic carbocycles. The fourth-order valence-electron chi connectivity index (χ4n) is 2.03. The molecule has 2 rings (SSSR count). The van der Waals surface area contributed by atoms with Gasteiger partial charge in [0.2, 0.25) is 0 Å². The first kappa shape index (κ1) is 15.0. The second-order valence-electron chi connectivity index (χ2n) is 6.15. The molecule has 0 spiro atoms. The summed E-state index contributed by atoms with van der Waals surface area (Å²) in [5.41, 5.74) is 0.633. The second-order valence-corrected chi connectivity index (χ2v) is 6.15. The summed E-state index contributed by atoms with van der Waals surface area (Å²) in [6.45, 7) is 9.46. The van der Waals surface area contributed by atoms with E-state index < -0.39 is 18.3 Å². The number of ketones is 1. The van der Waals surface area contributed by atoms with Gasteiger partial charge in [-0.3, -0.25) is 4.79 Å². The molecule has 0 N–H and O–H groups in total. The molecule has 0 saturated carbocycles. The van der Waals surface area contributed by atoms with E-state index in [2.05, 4.69) is 0 Å². The van der Waals surface area contributed by atoms with Crippen LogP contribution < -0.4 is 0 Å². The maximum absolute atomic E-state index is 11.9. The summed E-state index contributed by atoms with van der Waals surface area (Å²) < 4.78 is 11.9. The Labute approximate surface area is 121 Å². The van der Waals surface area contributed by atoms with Gasteiger partial charge in [-0.2, -0.15) is 0 Å². The van der Waals surface area contributed by atoms with Crippen LogP contribution in [0, 0.1) is 0 Å². The smallest absolute Gasteiger partial charge is 0.399 e. The Kier molecular flexibility index (Phi) is 3.89. The molecule has 106 valence electrons. The lowest BCUT2D eigenvalue weighted by molar-refractivity contribution is -0.113. The summed E-state index contributed by atoms with van der Waals surface area (Å²) in [4.78, 5) is 11.9. The normalized spacial score (nSPS) is 21.1. The SMILES string of the molecule is CC(=O)C(=Cc1ccccc1)B1OC(C)(C)C(C)(C)O1. The van der Waals surface area contributed by atoms with Crippen LogP contribution in [0.25, 0.3) is 6.08 Å². The zero-order valence-electron chi connectivity index (χ0n) is 12.8. The lowest BCUT2D eigenvalue weighted by Gasteiger charge is -2.32. The first-order valence-corrected chi connectivity index (χ1v) is 6.86. The van der Waals surface area contributed by atoms with Crippen LogP contribution in [0.1, 0.15) is 40.2 Å². The van der Waals surface area contributed by atoms with Crippen LogP contribution in [0.5, 0.6) is 0 Å². The minimum atomic E-state index is -0.613. The summed E-state index contributed by atoms with van der Waals surface area (Å²) in [5, 5.41) is 0. The van der Waals surface area contributed by atoms with Gasteiger partial charge in [-0.05, 0) is 40.2 Å². The van der Waals surface area contributed by atoms with Crippen molar-refractivity contribution in [3.63, 3.8) is 0 Å². The summed E-state index contributed by atoms with van der Waals surface area (Å²) in [7, 11) is -0.613. The number of allylic oxidation sites excluding steroid dienone is 1. The van der Waals surface area contributed by atoms with Gasteiger partial charge in [0.15, 0.2) is 5.78 Å². The zero-order chi connectivity index (χ0) is 15.0. The van der Waals surface area contributed by atoms with Crippen LogP contribution in [-0.4, -0.2) is 24.1 Å². The van der Waals surface area contributed by atoms with E-state index >= 15 is 0 Å². The van der Waals surface area contributed by atoms with Crippen molar-refractivity contribution >= 4 is 19.0 Å². The molecule has 0 aromatic heterocycles. The molecule has 1 fully saturated rings. The van der Waals surface area contributed by atoms with E-state index in [1.807, 2.05) is 64.1 Å². The molecule has 20 heavy (non-hydrogen) atoms. The molecule has 1 aromatic rings. The van der Waals surface area contributed by atoms with Gasteiger partial charge in [0, 0.05) is 5.47 Å². The molecule has 0 radical (unpaired) electrons. The zero-order valence-corrected chi connectivity index (χ0v) is 12.8. The lowest BCUT2D eigenvalue weighted by atomic mass is 9.75. The molecule has 0 unspecified atom stereocenters. The highest BCUT2D eigenvalue weighted by Gasteiger charge is 2.53. The van der Waals surface area contributed by atoms with Crippen molar-refractivity contribution in [1.82, 2.24) is 0 Å². The van der Waals surface area contributed by atoms with Crippen molar-refractivity contribution in [2.75, 3.05) is 0 Å². The Hall–Kier alpha value is -1.39. The molecule has 1 aliphatic heterocycles. The van der Waals surface area contributed by atoms with E-state index in [9.17, 15) is 4.79 Å². The minimum absolute atomic E-state index is 0.0349. The third-order valence-electron chi connectivity index (χ3n) is 4.04. The van der Waals surface area contributed by atoms with Crippen molar-refractivity contribution in [3.8, 4) is 0 Å². The van der Waals surface area contributed by atoms with Crippen molar-refractivity contribution in [2.45, 2.75) is 45.8 Å². The third kappa shape index (κ3) is 2.86. The molecular formula is C16H21BO3. The second kappa shape index (κ2) is 5.19. The summed E-state index contributed by atoms with van der Waals surface area (Å²) in [6.07, 6.45) is 1.84. The predicted octanol–water partition coefficient (Wildman–Crippen LogP) is 3.29. The first-order chi connectivity index (χ1) is 9.23. The van der Waals surface area contributed by atoms with Gasteiger partial charge >= 0.3 is 7.12 Å². The molecular weight excluding hydrogens is 251 g/mol. The van der Waals surface area contributed by atoms with Gasteiger partial charge in [0.05, 0.1) is 11.2 Å². The van der Waals surface area contributed by atoms with E-state index in [1.165, 1.54) is 0 Å². The fourth-order valence-corrected chi connectivity index (χ4v) is 2.03. The average Bonchev–Trinajstić information content (AvgIpc) is 2.56. The topological polar surface area (TPSA) is 35.5 Å². The predicted molar refractivity (Wildman–Crippen MR) is 81.2 cm³/mol. The number of rotatable bonds is 3. The van der Waals surface area contributed by atoms with Crippen molar-refractivity contribution in [3.05, 3.63) is 41.4 Å². The van der Waals surface area contributed by atoms with Gasteiger partial charge in [0.25, 0.3) is 0 Å². The highest BCUT2D eigenvalue weighted by atomic mass is 16.7. The number of Topliss-reactive ketones (excluding diaryl/α,β-unsaturated/α-hetero) is 1. The summed E-state index contributed by atoms with van der Waals surface area (Å²) in [6, 6.07) is 9.73. The molecule has 0 bridgehead atoms. The Bertz CT molecular complexity index is 516. The van der Waals surface area contributed by atoms with Gasteiger partial charge in [-0.15, -0.1) is 0 Å². The molecule has 0 amide bonds. The van der Waals surface area contributed by atoms with E-state index in [-0.39, 0.29) is 5.78 Å². The van der Waals surface area contributed by atoms with E-state index in [0.717, 1.165) is 5.56 Å². The average molecular weight is 272 g/mol. The monoisotopic (exact) mass is 272 g/mol. The molecule has 4 heteroatoms. The standard InChI is InChI=1S/C16H21BO3/c1-12(18)14(11-13-9-7-6-8-10-13)17-19-15(2,3)16(4,5)20-17/h6-11H,1-5H3. The lowest BCUT2D eigenvalue weighted by Crippen LogP contribution is -2.41. The Morgan fingerprint density at radius 2 is 1.55 bits per heavy atom. The number of carbonyl (C=O) groups excluding carboxylic acids is 1. The molecule has 1 saturated heterocycles. The molecule has 0 atom stereocenters. The maximum Gasteiger partial charge on any atom is 0.498 e. The van der Waals surface area contributed by atoms with Gasteiger partial charge in [-0.25, -0.2) is 0 Å². The van der Waals surface area contributed by atoms with Crippen molar-refractivity contribution in [2.24, 2.45) is 0 Å². The van der Waals surface area contributed by atoms with E-state index in [0.29, 0.717) is 5.47 Å². The van der Waals surface area contributed by atoms with Gasteiger partial charge in [0.1, 0.15) is 0 Å². The number of carbonyl (C=O) groups is 1.